The molecule has 4 rings (SSSR count). The topological polar surface area (TPSA) is 21.5 Å². The van der Waals surface area contributed by atoms with E-state index in [1.807, 2.05) is 24.3 Å². The van der Waals surface area contributed by atoms with Gasteiger partial charge in [0.05, 0.1) is 17.9 Å². The van der Waals surface area contributed by atoms with E-state index >= 15 is 0 Å². The van der Waals surface area contributed by atoms with Crippen molar-refractivity contribution >= 4 is 12.4 Å². The molecule has 106 valence electrons. The number of para-hydroxylation sites is 1. The van der Waals surface area contributed by atoms with E-state index in [9.17, 15) is 0 Å². The molecule has 1 aromatic carbocycles. The van der Waals surface area contributed by atoms with Crippen molar-refractivity contribution in [1.29, 1.82) is 0 Å². The molecule has 1 saturated heterocycles. The van der Waals surface area contributed by atoms with Gasteiger partial charge in [-0.05, 0) is 30.1 Å². The molecule has 0 spiro atoms. The van der Waals surface area contributed by atoms with Crippen LogP contribution in [0.15, 0.2) is 53.7 Å². The summed E-state index contributed by atoms with van der Waals surface area (Å²) in [5.41, 5.74) is 6.69. The van der Waals surface area contributed by atoms with Crippen molar-refractivity contribution in [2.75, 3.05) is 13.2 Å². The van der Waals surface area contributed by atoms with Gasteiger partial charge in [0.2, 0.25) is 0 Å². The molecule has 0 bridgehead atoms. The van der Waals surface area contributed by atoms with Crippen LogP contribution in [0.25, 0.3) is 0 Å². The Morgan fingerprint density at radius 3 is 3.00 bits per heavy atom. The molecule has 1 aromatic rings. The molecule has 1 unspecified atom stereocenters. The molecule has 0 saturated carbocycles. The minimum absolute atomic E-state index is 0.727. The highest BCUT2D eigenvalue weighted by Crippen LogP contribution is 2.34. The Kier molecular flexibility index (Phi) is 2.88. The number of hydrogen-bond donors (Lipinski definition) is 0. The standard InChI is InChI=1S/C17H18BNO2/c1-14-16-10-4-5-11-17(16)21-18(15-8-2-3-9-15)19(14)12-6-7-13-20-18/h2-5,8,10-11H,6-7,12-13H2,1H3. The van der Waals surface area contributed by atoms with E-state index in [0.717, 1.165) is 42.8 Å². The van der Waals surface area contributed by atoms with Gasteiger partial charge in [-0.3, -0.25) is 0 Å². The fourth-order valence-corrected chi connectivity index (χ4v) is 3.49. The van der Waals surface area contributed by atoms with E-state index in [1.54, 1.807) is 0 Å². The zero-order valence-corrected chi connectivity index (χ0v) is 12.2. The Balaban J connectivity index is 1.96. The smallest absolute Gasteiger partial charge is 0.629 e. The van der Waals surface area contributed by atoms with E-state index < -0.39 is 6.69 Å². The number of nitrogens with zero attached hydrogens (tertiary/aromatic N) is 1. The van der Waals surface area contributed by atoms with Crippen molar-refractivity contribution in [2.45, 2.75) is 19.8 Å². The molecule has 0 amide bonds. The van der Waals surface area contributed by atoms with Gasteiger partial charge in [-0.25, -0.2) is 0 Å². The van der Waals surface area contributed by atoms with Crippen LogP contribution in [0.1, 0.15) is 25.3 Å². The molecule has 21 heavy (non-hydrogen) atoms. The fraction of sp³-hybridized carbons (Fsp3) is 0.294. The van der Waals surface area contributed by atoms with Gasteiger partial charge in [0.15, 0.2) is 0 Å². The van der Waals surface area contributed by atoms with Crippen LogP contribution in [0.4, 0.5) is 0 Å². The summed E-state index contributed by atoms with van der Waals surface area (Å²) < 4.78 is 15.0. The van der Waals surface area contributed by atoms with Crippen LogP contribution in [0.2, 0.25) is 0 Å². The minimum Gasteiger partial charge on any atom is -0.629 e. The summed E-state index contributed by atoms with van der Waals surface area (Å²) in [5, 5.41) is 0. The first-order valence-corrected chi connectivity index (χ1v) is 7.62. The molecular weight excluding hydrogens is 261 g/mol. The van der Waals surface area contributed by atoms with Crippen LogP contribution in [-0.4, -0.2) is 30.0 Å². The van der Waals surface area contributed by atoms with E-state index in [0.29, 0.717) is 0 Å². The summed E-state index contributed by atoms with van der Waals surface area (Å²) >= 11 is 0. The van der Waals surface area contributed by atoms with Crippen LogP contribution < -0.4 is 4.65 Å². The maximum absolute atomic E-state index is 6.43. The zero-order chi connectivity index (χ0) is 14.3. The summed E-state index contributed by atoms with van der Waals surface area (Å²) in [6, 6.07) is 8.21. The summed E-state index contributed by atoms with van der Waals surface area (Å²) in [7, 11) is 0. The van der Waals surface area contributed by atoms with Crippen LogP contribution in [0.3, 0.4) is 0 Å². The first kappa shape index (κ1) is 12.7. The number of benzene rings is 1. The zero-order valence-electron chi connectivity index (χ0n) is 12.2. The van der Waals surface area contributed by atoms with Crippen LogP contribution in [0, 0.1) is 0 Å². The number of allylic oxidation sites excluding steroid dienone is 3. The normalized spacial score (nSPS) is 26.8. The first-order valence-electron chi connectivity index (χ1n) is 7.62. The van der Waals surface area contributed by atoms with Crippen molar-refractivity contribution in [3.05, 3.63) is 59.3 Å². The van der Waals surface area contributed by atoms with Crippen molar-refractivity contribution in [3.63, 3.8) is 0 Å². The van der Waals surface area contributed by atoms with E-state index in [2.05, 4.69) is 35.4 Å². The maximum Gasteiger partial charge on any atom is 0.632 e. The lowest BCUT2D eigenvalue weighted by Gasteiger charge is -2.41. The number of fused-ring (bicyclic) bond motifs is 2. The average molecular weight is 279 g/mol. The lowest BCUT2D eigenvalue weighted by atomic mass is 9.61. The first-order chi connectivity index (χ1) is 10.3. The Labute approximate surface area is 124 Å². The molecule has 3 nitrogen and oxygen atoms in total. The second kappa shape index (κ2) is 4.76. The van der Waals surface area contributed by atoms with Gasteiger partial charge in [0.1, 0.15) is 5.71 Å². The van der Waals surface area contributed by atoms with Crippen molar-refractivity contribution < 1.29 is 13.8 Å². The molecule has 1 atom stereocenters. The predicted octanol–water partition coefficient (Wildman–Crippen LogP) is 2.84. The Morgan fingerprint density at radius 2 is 2.14 bits per heavy atom. The van der Waals surface area contributed by atoms with Crippen LogP contribution >= 0.6 is 0 Å². The minimum atomic E-state index is -1.67. The molecule has 4 heteroatoms. The third kappa shape index (κ3) is 1.84. The highest BCUT2D eigenvalue weighted by molar-refractivity contribution is 6.70. The molecule has 0 aromatic heterocycles. The molecule has 2 heterocycles. The molecule has 0 radical (unpaired) electrons. The second-order valence-corrected chi connectivity index (χ2v) is 5.77. The summed E-state index contributed by atoms with van der Waals surface area (Å²) in [5.74, 6) is 0.905. The monoisotopic (exact) mass is 279 g/mol. The highest BCUT2D eigenvalue weighted by Gasteiger charge is 2.52. The predicted molar refractivity (Wildman–Crippen MR) is 83.7 cm³/mol. The highest BCUT2D eigenvalue weighted by atomic mass is 16.6. The summed E-state index contributed by atoms with van der Waals surface area (Å²) in [4.78, 5) is 0. The van der Waals surface area contributed by atoms with Gasteiger partial charge in [-0.2, -0.15) is 0 Å². The Bertz CT molecular complexity index is 728. The van der Waals surface area contributed by atoms with Gasteiger partial charge in [0.25, 0.3) is 0 Å². The maximum atomic E-state index is 6.43. The average Bonchev–Trinajstić information content (AvgIpc) is 2.96. The quantitative estimate of drug-likeness (QED) is 0.582. The molecule has 0 N–H and O–H groups in total. The summed E-state index contributed by atoms with van der Waals surface area (Å²) in [6.45, 7) is 2.18. The van der Waals surface area contributed by atoms with E-state index in [1.165, 1.54) is 5.71 Å². The van der Waals surface area contributed by atoms with Gasteiger partial charge in [0, 0.05) is 20.0 Å². The Hall–Kier alpha value is -2.03. The molecule has 3 aliphatic rings. The number of hydrogen-bond acceptors (Lipinski definition) is 2. The van der Waals surface area contributed by atoms with Crippen molar-refractivity contribution in [3.8, 4) is 5.75 Å². The molecule has 1 fully saturated rings. The van der Waals surface area contributed by atoms with Gasteiger partial charge in [-0.15, -0.1) is 5.73 Å². The van der Waals surface area contributed by atoms with Crippen LogP contribution in [0.5, 0.6) is 5.75 Å². The lowest BCUT2D eigenvalue weighted by molar-refractivity contribution is -0.430. The van der Waals surface area contributed by atoms with E-state index in [4.69, 9.17) is 9.31 Å². The van der Waals surface area contributed by atoms with Gasteiger partial charge >= 0.3 is 6.69 Å². The molecule has 1 aliphatic carbocycles. The molecule has 2 aliphatic heterocycles. The van der Waals surface area contributed by atoms with E-state index in [-0.39, 0.29) is 0 Å². The third-order valence-electron chi connectivity index (χ3n) is 4.56. The molecular formula is C17H18BNO2. The lowest BCUT2D eigenvalue weighted by Crippen LogP contribution is -2.61. The Morgan fingerprint density at radius 1 is 1.24 bits per heavy atom. The number of rotatable bonds is 1. The SMILES string of the molecule is CC1=[N+]2CCCCO[B-]2(C2=C=CC=C2)Oc2ccccc21. The van der Waals surface area contributed by atoms with Gasteiger partial charge in [-0.1, -0.05) is 24.3 Å². The fourth-order valence-electron chi connectivity index (χ4n) is 3.49. The largest absolute Gasteiger partial charge is 0.632 e. The summed E-state index contributed by atoms with van der Waals surface area (Å²) in [6.07, 6.45) is 8.16. The third-order valence-corrected chi connectivity index (χ3v) is 4.56. The van der Waals surface area contributed by atoms with Gasteiger partial charge < -0.3 is 13.8 Å². The van der Waals surface area contributed by atoms with Crippen LogP contribution in [-0.2, 0) is 4.65 Å². The van der Waals surface area contributed by atoms with Crippen molar-refractivity contribution in [1.82, 2.24) is 0 Å². The van der Waals surface area contributed by atoms with Crippen molar-refractivity contribution in [2.24, 2.45) is 0 Å². The second-order valence-electron chi connectivity index (χ2n) is 5.77.